The number of nitriles is 1. The van der Waals surface area contributed by atoms with Gasteiger partial charge in [-0.2, -0.15) is 5.26 Å². The van der Waals surface area contributed by atoms with Gasteiger partial charge in [-0.05, 0) is 33.1 Å². The molecule has 0 aromatic rings. The monoisotopic (exact) mass is 238 g/mol. The van der Waals surface area contributed by atoms with Crippen molar-refractivity contribution >= 4 is 0 Å². The third-order valence-corrected chi connectivity index (χ3v) is 3.25. The van der Waals surface area contributed by atoms with Crippen molar-refractivity contribution in [2.75, 3.05) is 6.61 Å². The number of ether oxygens (including phenoxy) is 1. The Morgan fingerprint density at radius 1 is 1.24 bits per heavy atom. The molecule has 1 atom stereocenters. The van der Waals surface area contributed by atoms with E-state index in [1.165, 1.54) is 38.5 Å². The average Bonchev–Trinajstić information content (AvgIpc) is 2.55. The van der Waals surface area contributed by atoms with Gasteiger partial charge in [0.1, 0.15) is 0 Å². The van der Waals surface area contributed by atoms with Crippen molar-refractivity contribution < 1.29 is 4.74 Å². The lowest BCUT2D eigenvalue weighted by Gasteiger charge is -2.18. The zero-order valence-electron chi connectivity index (χ0n) is 11.2. The zero-order chi connectivity index (χ0) is 12.5. The van der Waals surface area contributed by atoms with E-state index in [0.29, 0.717) is 18.8 Å². The van der Waals surface area contributed by atoms with Crippen molar-refractivity contribution in [1.29, 1.82) is 5.26 Å². The summed E-state index contributed by atoms with van der Waals surface area (Å²) < 4.78 is 5.89. The Hall–Kier alpha value is -0.590. The maximum atomic E-state index is 8.99. The molecule has 1 aliphatic carbocycles. The van der Waals surface area contributed by atoms with Crippen LogP contribution in [0.25, 0.3) is 0 Å². The van der Waals surface area contributed by atoms with Crippen LogP contribution in [0.4, 0.5) is 0 Å². The quantitative estimate of drug-likeness (QED) is 0.723. The van der Waals surface area contributed by atoms with Crippen LogP contribution >= 0.6 is 0 Å². The van der Waals surface area contributed by atoms with Crippen molar-refractivity contribution in [1.82, 2.24) is 5.32 Å². The second-order valence-corrected chi connectivity index (χ2v) is 5.28. The van der Waals surface area contributed by atoms with Gasteiger partial charge in [0, 0.05) is 12.6 Å². The van der Waals surface area contributed by atoms with Crippen LogP contribution in [0.3, 0.4) is 0 Å². The fraction of sp³-hybridized carbons (Fsp3) is 0.929. The molecule has 1 aliphatic rings. The van der Waals surface area contributed by atoms with Crippen LogP contribution in [0.1, 0.15) is 58.8 Å². The lowest BCUT2D eigenvalue weighted by molar-refractivity contribution is 0.0394. The third-order valence-electron chi connectivity index (χ3n) is 3.25. The van der Waals surface area contributed by atoms with E-state index in [-0.39, 0.29) is 6.04 Å². The maximum absolute atomic E-state index is 8.99. The van der Waals surface area contributed by atoms with Crippen molar-refractivity contribution in [3.05, 3.63) is 0 Å². The number of nitrogens with one attached hydrogen (secondary N) is 1. The van der Waals surface area contributed by atoms with Crippen LogP contribution in [0, 0.1) is 11.3 Å². The molecule has 98 valence electrons. The molecule has 0 spiro atoms. The first kappa shape index (κ1) is 14.5. The number of rotatable bonds is 6. The minimum atomic E-state index is -0.0687. The summed E-state index contributed by atoms with van der Waals surface area (Å²) >= 11 is 0. The molecule has 1 fully saturated rings. The second kappa shape index (κ2) is 8.49. The van der Waals surface area contributed by atoms with Crippen molar-refractivity contribution in [2.45, 2.75) is 77.0 Å². The lowest BCUT2D eigenvalue weighted by atomic mass is 10.1. The molecule has 0 bridgehead atoms. The fourth-order valence-electron chi connectivity index (χ4n) is 2.35. The zero-order valence-corrected chi connectivity index (χ0v) is 11.2. The van der Waals surface area contributed by atoms with Gasteiger partial charge in [0.15, 0.2) is 0 Å². The van der Waals surface area contributed by atoms with Crippen molar-refractivity contribution in [3.8, 4) is 6.07 Å². The third kappa shape index (κ3) is 6.65. The highest BCUT2D eigenvalue weighted by Crippen LogP contribution is 2.19. The van der Waals surface area contributed by atoms with Gasteiger partial charge >= 0.3 is 0 Å². The fourth-order valence-corrected chi connectivity index (χ4v) is 2.35. The molecule has 0 aliphatic heterocycles. The highest BCUT2D eigenvalue weighted by atomic mass is 16.5. The van der Waals surface area contributed by atoms with Gasteiger partial charge < -0.3 is 4.74 Å². The summed E-state index contributed by atoms with van der Waals surface area (Å²) in [6.07, 6.45) is 8.96. The van der Waals surface area contributed by atoms with Gasteiger partial charge in [0.2, 0.25) is 0 Å². The lowest BCUT2D eigenvalue weighted by Crippen LogP contribution is -2.34. The molecule has 0 saturated heterocycles. The number of hydrogen-bond donors (Lipinski definition) is 1. The summed E-state index contributed by atoms with van der Waals surface area (Å²) in [5.41, 5.74) is 0. The van der Waals surface area contributed by atoms with E-state index in [4.69, 9.17) is 10.00 Å². The highest BCUT2D eigenvalue weighted by Gasteiger charge is 2.14. The first-order valence-electron chi connectivity index (χ1n) is 6.99. The summed E-state index contributed by atoms with van der Waals surface area (Å²) in [5.74, 6) is 0. The number of hydrogen-bond acceptors (Lipinski definition) is 3. The first-order valence-corrected chi connectivity index (χ1v) is 6.99. The molecule has 1 N–H and O–H groups in total. The molecular formula is C14H26N2O. The molecule has 3 heteroatoms. The van der Waals surface area contributed by atoms with Crippen LogP contribution in [-0.4, -0.2) is 24.8 Å². The smallest absolute Gasteiger partial charge is 0.0976 e. The van der Waals surface area contributed by atoms with E-state index in [9.17, 15) is 0 Å². The molecular weight excluding hydrogens is 212 g/mol. The molecule has 0 aromatic heterocycles. The van der Waals surface area contributed by atoms with Crippen LogP contribution in [0.2, 0.25) is 0 Å². The summed E-state index contributed by atoms with van der Waals surface area (Å²) in [6, 6.07) is 2.58. The first-order chi connectivity index (χ1) is 8.22. The van der Waals surface area contributed by atoms with Gasteiger partial charge in [-0.15, -0.1) is 0 Å². The van der Waals surface area contributed by atoms with Gasteiger partial charge in [-0.3, -0.25) is 5.32 Å². The summed E-state index contributed by atoms with van der Waals surface area (Å²) in [4.78, 5) is 0. The van der Waals surface area contributed by atoms with Crippen LogP contribution in [0.15, 0.2) is 0 Å². The minimum Gasteiger partial charge on any atom is -0.378 e. The average molecular weight is 238 g/mol. The van der Waals surface area contributed by atoms with Crippen LogP contribution in [0.5, 0.6) is 0 Å². The normalized spacial score (nSPS) is 19.9. The summed E-state index contributed by atoms with van der Waals surface area (Å²) in [5, 5.41) is 12.2. The largest absolute Gasteiger partial charge is 0.378 e. The predicted octanol–water partition coefficient (Wildman–Crippen LogP) is 3.01. The Morgan fingerprint density at radius 3 is 2.41 bits per heavy atom. The minimum absolute atomic E-state index is 0.0687. The molecule has 3 nitrogen and oxygen atoms in total. The van der Waals surface area contributed by atoms with Gasteiger partial charge in [-0.25, -0.2) is 0 Å². The SMILES string of the molecule is CC(C)NC(C#N)CCOC1CCCCCC1. The van der Waals surface area contributed by atoms with E-state index >= 15 is 0 Å². The highest BCUT2D eigenvalue weighted by molar-refractivity contribution is 4.90. The van der Waals surface area contributed by atoms with E-state index in [2.05, 4.69) is 25.2 Å². The van der Waals surface area contributed by atoms with Gasteiger partial charge in [0.25, 0.3) is 0 Å². The molecule has 1 unspecified atom stereocenters. The Balaban J connectivity index is 2.14. The Bertz CT molecular complexity index is 227. The molecule has 0 aromatic carbocycles. The Kier molecular flexibility index (Phi) is 7.23. The molecule has 1 saturated carbocycles. The summed E-state index contributed by atoms with van der Waals surface area (Å²) in [6.45, 7) is 4.84. The molecule has 0 radical (unpaired) electrons. The second-order valence-electron chi connectivity index (χ2n) is 5.28. The Labute approximate surface area is 106 Å². The van der Waals surface area contributed by atoms with Crippen LogP contribution in [-0.2, 0) is 4.74 Å². The van der Waals surface area contributed by atoms with Crippen molar-refractivity contribution in [3.63, 3.8) is 0 Å². The maximum Gasteiger partial charge on any atom is 0.0976 e. The van der Waals surface area contributed by atoms with Crippen LogP contribution < -0.4 is 5.32 Å². The standard InChI is InChI=1S/C14H26N2O/c1-12(2)16-13(11-15)9-10-17-14-7-5-3-4-6-8-14/h12-14,16H,3-10H2,1-2H3. The molecule has 0 amide bonds. The van der Waals surface area contributed by atoms with E-state index < -0.39 is 0 Å². The Morgan fingerprint density at radius 2 is 1.88 bits per heavy atom. The van der Waals surface area contributed by atoms with E-state index in [1.807, 2.05) is 0 Å². The summed E-state index contributed by atoms with van der Waals surface area (Å²) in [7, 11) is 0. The van der Waals surface area contributed by atoms with E-state index in [1.54, 1.807) is 0 Å². The molecule has 0 heterocycles. The topological polar surface area (TPSA) is 45.0 Å². The van der Waals surface area contributed by atoms with E-state index in [0.717, 1.165) is 6.42 Å². The molecule has 1 rings (SSSR count). The van der Waals surface area contributed by atoms with Crippen molar-refractivity contribution in [2.24, 2.45) is 0 Å². The molecule has 17 heavy (non-hydrogen) atoms. The predicted molar refractivity (Wildman–Crippen MR) is 69.7 cm³/mol. The number of nitrogens with zero attached hydrogens (tertiary/aromatic N) is 1. The van der Waals surface area contributed by atoms with Gasteiger partial charge in [0.05, 0.1) is 18.2 Å². The van der Waals surface area contributed by atoms with Gasteiger partial charge in [-0.1, -0.05) is 25.7 Å².